The molecule has 98 valence electrons. The summed E-state index contributed by atoms with van der Waals surface area (Å²) in [5, 5.41) is 9.25. The van der Waals surface area contributed by atoms with Crippen molar-refractivity contribution in [2.75, 3.05) is 17.7 Å². The van der Waals surface area contributed by atoms with E-state index in [-0.39, 0.29) is 18.9 Å². The molecule has 0 aliphatic carbocycles. The maximum Gasteiger partial charge on any atom is 0.149 e. The van der Waals surface area contributed by atoms with E-state index in [9.17, 15) is 13.5 Å². The molecule has 3 N–H and O–H groups in total. The van der Waals surface area contributed by atoms with Crippen LogP contribution in [0.4, 0.5) is 5.69 Å². The minimum Gasteiger partial charge on any atom is -0.399 e. The number of aromatic nitrogens is 2. The molecular formula is C11H15N3O3S. The number of nitrogen functional groups attached to an aromatic ring is 1. The first-order chi connectivity index (χ1) is 8.40. The lowest BCUT2D eigenvalue weighted by Crippen LogP contribution is -2.13. The van der Waals surface area contributed by atoms with Crippen LogP contribution in [0, 0.1) is 0 Å². The van der Waals surface area contributed by atoms with E-state index < -0.39 is 9.84 Å². The van der Waals surface area contributed by atoms with Gasteiger partial charge in [-0.1, -0.05) is 0 Å². The molecule has 0 aliphatic rings. The number of aryl methyl sites for hydroxylation is 1. The molecule has 18 heavy (non-hydrogen) atoms. The van der Waals surface area contributed by atoms with E-state index in [2.05, 4.69) is 4.98 Å². The summed E-state index contributed by atoms with van der Waals surface area (Å²) in [5.74, 6) is 0.454. The Morgan fingerprint density at radius 1 is 1.44 bits per heavy atom. The number of aliphatic hydroxyl groups excluding tert-OH is 1. The maximum atomic E-state index is 11.2. The molecular weight excluding hydrogens is 254 g/mol. The Morgan fingerprint density at radius 2 is 2.17 bits per heavy atom. The minimum atomic E-state index is -3.06. The third-order valence-corrected chi connectivity index (χ3v) is 3.60. The fourth-order valence-electron chi connectivity index (χ4n) is 1.82. The van der Waals surface area contributed by atoms with Crippen LogP contribution in [0.25, 0.3) is 11.0 Å². The highest BCUT2D eigenvalue weighted by atomic mass is 32.2. The van der Waals surface area contributed by atoms with Crippen LogP contribution in [0.1, 0.15) is 5.82 Å². The van der Waals surface area contributed by atoms with E-state index in [1.807, 2.05) is 0 Å². The van der Waals surface area contributed by atoms with Crippen molar-refractivity contribution in [3.8, 4) is 0 Å². The largest absolute Gasteiger partial charge is 0.399 e. The summed E-state index contributed by atoms with van der Waals surface area (Å²) < 4.78 is 24.1. The van der Waals surface area contributed by atoms with Crippen LogP contribution >= 0.6 is 0 Å². The van der Waals surface area contributed by atoms with E-state index in [1.165, 1.54) is 6.26 Å². The molecule has 1 heterocycles. The zero-order valence-electron chi connectivity index (χ0n) is 10.00. The summed E-state index contributed by atoms with van der Waals surface area (Å²) >= 11 is 0. The van der Waals surface area contributed by atoms with Gasteiger partial charge in [-0.3, -0.25) is 0 Å². The van der Waals surface area contributed by atoms with Crippen molar-refractivity contribution in [1.82, 2.24) is 9.55 Å². The smallest absolute Gasteiger partial charge is 0.149 e. The molecule has 0 amide bonds. The Bertz CT molecular complexity index is 676. The Morgan fingerprint density at radius 3 is 2.78 bits per heavy atom. The van der Waals surface area contributed by atoms with Gasteiger partial charge in [0.1, 0.15) is 22.3 Å². The molecule has 0 radical (unpaired) electrons. The van der Waals surface area contributed by atoms with Crippen LogP contribution in [0.15, 0.2) is 18.2 Å². The minimum absolute atomic E-state index is 0.00976. The van der Waals surface area contributed by atoms with Crippen molar-refractivity contribution in [1.29, 1.82) is 0 Å². The van der Waals surface area contributed by atoms with Crippen LogP contribution in [-0.2, 0) is 23.0 Å². The Kier molecular flexibility index (Phi) is 3.27. The average Bonchev–Trinajstić information content (AvgIpc) is 2.62. The standard InChI is InChI=1S/C11H15N3O3S/c1-18(16,17)5-4-14-10-3-2-8(12)6-9(10)13-11(14)7-15/h2-3,6,15H,4-5,7,12H2,1H3. The summed E-state index contributed by atoms with van der Waals surface area (Å²) in [5.41, 5.74) is 7.68. The highest BCUT2D eigenvalue weighted by Gasteiger charge is 2.12. The molecule has 0 saturated heterocycles. The van der Waals surface area contributed by atoms with Crippen LogP contribution in [0.2, 0.25) is 0 Å². The molecule has 0 saturated carbocycles. The molecule has 7 heteroatoms. The van der Waals surface area contributed by atoms with Gasteiger partial charge in [-0.2, -0.15) is 0 Å². The van der Waals surface area contributed by atoms with Crippen LogP contribution in [-0.4, -0.2) is 35.1 Å². The molecule has 0 unspecified atom stereocenters. The van der Waals surface area contributed by atoms with Gasteiger partial charge in [0.15, 0.2) is 0 Å². The second kappa shape index (κ2) is 4.58. The van der Waals surface area contributed by atoms with Crippen molar-refractivity contribution in [3.05, 3.63) is 24.0 Å². The van der Waals surface area contributed by atoms with Crippen molar-refractivity contribution in [2.24, 2.45) is 0 Å². The SMILES string of the molecule is CS(=O)(=O)CCn1c(CO)nc2cc(N)ccc21. The fourth-order valence-corrected chi connectivity index (χ4v) is 2.34. The monoisotopic (exact) mass is 269 g/mol. The number of hydrogen-bond donors (Lipinski definition) is 2. The summed E-state index contributed by atoms with van der Waals surface area (Å²) in [4.78, 5) is 4.23. The van der Waals surface area contributed by atoms with Gasteiger partial charge in [-0.25, -0.2) is 13.4 Å². The van der Waals surface area contributed by atoms with Gasteiger partial charge in [0.25, 0.3) is 0 Å². The topological polar surface area (TPSA) is 98.2 Å². The van der Waals surface area contributed by atoms with E-state index >= 15 is 0 Å². The van der Waals surface area contributed by atoms with Gasteiger partial charge in [0.2, 0.25) is 0 Å². The molecule has 6 nitrogen and oxygen atoms in total. The van der Waals surface area contributed by atoms with Gasteiger partial charge >= 0.3 is 0 Å². The second-order valence-corrected chi connectivity index (χ2v) is 6.48. The van der Waals surface area contributed by atoms with Crippen LogP contribution in [0.5, 0.6) is 0 Å². The van der Waals surface area contributed by atoms with Gasteiger partial charge in [-0.05, 0) is 18.2 Å². The molecule has 1 aromatic carbocycles. The average molecular weight is 269 g/mol. The van der Waals surface area contributed by atoms with E-state index in [1.54, 1.807) is 22.8 Å². The van der Waals surface area contributed by atoms with Gasteiger partial charge in [0.05, 0.1) is 16.8 Å². The van der Waals surface area contributed by atoms with E-state index in [4.69, 9.17) is 5.73 Å². The number of rotatable bonds is 4. The third-order valence-electron chi connectivity index (χ3n) is 2.68. The first-order valence-electron chi connectivity index (χ1n) is 5.44. The number of imidazole rings is 1. The van der Waals surface area contributed by atoms with Crippen LogP contribution in [0.3, 0.4) is 0 Å². The number of anilines is 1. The number of hydrogen-bond acceptors (Lipinski definition) is 5. The summed E-state index contributed by atoms with van der Waals surface area (Å²) in [6.45, 7) is 0.0352. The predicted octanol–water partition coefficient (Wildman–Crippen LogP) is 0.155. The number of nitrogens with two attached hydrogens (primary N) is 1. The van der Waals surface area contributed by atoms with E-state index in [0.717, 1.165) is 5.52 Å². The third kappa shape index (κ3) is 2.62. The molecule has 0 bridgehead atoms. The quantitative estimate of drug-likeness (QED) is 0.770. The van der Waals surface area contributed by atoms with Crippen molar-refractivity contribution < 1.29 is 13.5 Å². The molecule has 2 aromatic rings. The summed E-state index contributed by atoms with van der Waals surface area (Å²) in [7, 11) is -3.06. The number of aliphatic hydroxyl groups is 1. The lowest BCUT2D eigenvalue weighted by atomic mass is 10.3. The second-order valence-electron chi connectivity index (χ2n) is 4.22. The number of fused-ring (bicyclic) bond motifs is 1. The summed E-state index contributed by atoms with van der Waals surface area (Å²) in [6.07, 6.45) is 1.18. The first-order valence-corrected chi connectivity index (χ1v) is 7.50. The maximum absolute atomic E-state index is 11.2. The van der Waals surface area contributed by atoms with E-state index in [0.29, 0.717) is 17.0 Å². The zero-order chi connectivity index (χ0) is 13.3. The first kappa shape index (κ1) is 12.8. The Balaban J connectivity index is 2.47. The van der Waals surface area contributed by atoms with Gasteiger partial charge in [0, 0.05) is 18.5 Å². The number of nitrogens with zero attached hydrogens (tertiary/aromatic N) is 2. The van der Waals surface area contributed by atoms with Crippen molar-refractivity contribution in [2.45, 2.75) is 13.2 Å². The lowest BCUT2D eigenvalue weighted by Gasteiger charge is -2.06. The molecule has 0 fully saturated rings. The highest BCUT2D eigenvalue weighted by molar-refractivity contribution is 7.90. The Hall–Kier alpha value is -1.60. The molecule has 2 rings (SSSR count). The van der Waals surface area contributed by atoms with Crippen LogP contribution < -0.4 is 5.73 Å². The lowest BCUT2D eigenvalue weighted by molar-refractivity contribution is 0.266. The fraction of sp³-hybridized carbons (Fsp3) is 0.364. The van der Waals surface area contributed by atoms with Crippen molar-refractivity contribution in [3.63, 3.8) is 0 Å². The molecule has 0 spiro atoms. The predicted molar refractivity (Wildman–Crippen MR) is 69.8 cm³/mol. The number of benzene rings is 1. The summed E-state index contributed by atoms with van der Waals surface area (Å²) in [6, 6.07) is 5.20. The normalized spacial score (nSPS) is 12.1. The Labute approximate surface area is 105 Å². The van der Waals surface area contributed by atoms with Gasteiger partial charge < -0.3 is 15.4 Å². The zero-order valence-corrected chi connectivity index (χ0v) is 10.8. The number of sulfone groups is 1. The highest BCUT2D eigenvalue weighted by Crippen LogP contribution is 2.19. The molecule has 0 aliphatic heterocycles. The van der Waals surface area contributed by atoms with Crippen molar-refractivity contribution >= 4 is 26.6 Å². The van der Waals surface area contributed by atoms with Gasteiger partial charge in [-0.15, -0.1) is 0 Å². The molecule has 1 aromatic heterocycles. The molecule has 0 atom stereocenters.